The van der Waals surface area contributed by atoms with Gasteiger partial charge in [0.05, 0.1) is 10.6 Å². The lowest BCUT2D eigenvalue weighted by Gasteiger charge is -2.08. The van der Waals surface area contributed by atoms with Crippen molar-refractivity contribution in [2.45, 2.75) is 18.2 Å². The Morgan fingerprint density at radius 3 is 2.36 bits per heavy atom. The minimum absolute atomic E-state index is 0.0208. The largest absolute Gasteiger partial charge is 0.506 e. The van der Waals surface area contributed by atoms with Crippen molar-refractivity contribution in [3.63, 3.8) is 0 Å². The van der Waals surface area contributed by atoms with Crippen LogP contribution in [0.25, 0.3) is 10.8 Å². The maximum Gasteiger partial charge on any atom is 0.295 e. The molecule has 0 heterocycles. The van der Waals surface area contributed by atoms with Gasteiger partial charge in [-0.15, -0.1) is 5.11 Å². The third kappa shape index (κ3) is 3.82. The summed E-state index contributed by atoms with van der Waals surface area (Å²) < 4.78 is 32.6. The zero-order valence-corrected chi connectivity index (χ0v) is 15.4. The summed E-state index contributed by atoms with van der Waals surface area (Å²) in [6, 6.07) is 11.4. The maximum atomic E-state index is 11.6. The summed E-state index contributed by atoms with van der Waals surface area (Å²) in [6.45, 7) is 1.84. The Morgan fingerprint density at radius 2 is 1.75 bits per heavy atom. The quantitative estimate of drug-likeness (QED) is 0.275. The van der Waals surface area contributed by atoms with E-state index in [1.165, 1.54) is 24.3 Å². The highest BCUT2D eigenvalue weighted by molar-refractivity contribution is 7.86. The van der Waals surface area contributed by atoms with Crippen molar-refractivity contribution < 1.29 is 23.0 Å². The van der Waals surface area contributed by atoms with Crippen LogP contribution >= 0.6 is 0 Å². The zero-order valence-electron chi connectivity index (χ0n) is 14.6. The van der Waals surface area contributed by atoms with E-state index in [0.29, 0.717) is 12.0 Å². The summed E-state index contributed by atoms with van der Waals surface area (Å²) >= 11 is 0. The Bertz CT molecular complexity index is 1220. The van der Waals surface area contributed by atoms with Crippen LogP contribution < -0.4 is 0 Å². The summed E-state index contributed by atoms with van der Waals surface area (Å²) in [7, 11) is -4.57. The molecule has 3 aromatic carbocycles. The van der Waals surface area contributed by atoms with E-state index in [9.17, 15) is 28.2 Å². The Kier molecular flexibility index (Phi) is 5.08. The Balaban J connectivity index is 2.17. The van der Waals surface area contributed by atoms with Gasteiger partial charge in [0.15, 0.2) is 0 Å². The van der Waals surface area contributed by atoms with E-state index in [4.69, 9.17) is 0 Å². The first-order valence-corrected chi connectivity index (χ1v) is 9.57. The molecule has 0 spiro atoms. The van der Waals surface area contributed by atoms with E-state index in [-0.39, 0.29) is 27.8 Å². The summed E-state index contributed by atoms with van der Waals surface area (Å²) in [5, 5.41) is 29.7. The number of rotatable bonds is 5. The molecule has 28 heavy (non-hydrogen) atoms. The number of azo groups is 1. The molecule has 144 valence electrons. The highest BCUT2D eigenvalue weighted by Gasteiger charge is 2.19. The second-order valence-electron chi connectivity index (χ2n) is 5.93. The lowest BCUT2D eigenvalue weighted by Crippen LogP contribution is -1.99. The number of non-ortho nitro benzene ring substituents is 1. The SMILES string of the molecule is CCc1cc(N=Nc2c(O)cc(S(=O)(=O)O)c3ccccc23)cc([N+](=O)[O-])c1. The van der Waals surface area contributed by atoms with E-state index in [1.807, 2.05) is 6.92 Å². The number of aryl methyl sites for hydroxylation is 1. The lowest BCUT2D eigenvalue weighted by molar-refractivity contribution is -0.384. The smallest absolute Gasteiger partial charge is 0.295 e. The molecule has 0 fully saturated rings. The van der Waals surface area contributed by atoms with Crippen molar-refractivity contribution in [2.24, 2.45) is 10.2 Å². The van der Waals surface area contributed by atoms with Crippen molar-refractivity contribution in [1.29, 1.82) is 0 Å². The molecular formula is C18H15N3O6S. The molecule has 9 nitrogen and oxygen atoms in total. The number of benzene rings is 3. The summed E-state index contributed by atoms with van der Waals surface area (Å²) in [5.74, 6) is -0.503. The number of hydrogen-bond donors (Lipinski definition) is 2. The number of nitro benzene ring substituents is 1. The average Bonchev–Trinajstić information content (AvgIpc) is 2.65. The lowest BCUT2D eigenvalue weighted by atomic mass is 10.1. The number of fused-ring (bicyclic) bond motifs is 1. The van der Waals surface area contributed by atoms with Crippen molar-refractivity contribution in [3.8, 4) is 5.75 Å². The highest BCUT2D eigenvalue weighted by atomic mass is 32.2. The molecule has 0 unspecified atom stereocenters. The molecular weight excluding hydrogens is 386 g/mol. The molecule has 3 aromatic rings. The van der Waals surface area contributed by atoms with Gasteiger partial charge in [0, 0.05) is 29.0 Å². The van der Waals surface area contributed by atoms with Gasteiger partial charge in [0.1, 0.15) is 16.3 Å². The number of phenols is 1. The number of nitrogens with zero attached hydrogens (tertiary/aromatic N) is 3. The molecule has 0 radical (unpaired) electrons. The van der Waals surface area contributed by atoms with E-state index in [0.717, 1.165) is 6.07 Å². The molecule has 3 rings (SSSR count). The molecule has 0 saturated carbocycles. The van der Waals surface area contributed by atoms with Crippen LogP contribution in [0, 0.1) is 10.1 Å². The number of aromatic hydroxyl groups is 1. The molecule has 0 atom stereocenters. The van der Waals surface area contributed by atoms with Crippen molar-refractivity contribution in [2.75, 3.05) is 0 Å². The third-order valence-electron chi connectivity index (χ3n) is 4.08. The van der Waals surface area contributed by atoms with Crippen LogP contribution in [0.3, 0.4) is 0 Å². The van der Waals surface area contributed by atoms with E-state index in [2.05, 4.69) is 10.2 Å². The molecule has 0 aliphatic carbocycles. The number of nitro groups is 1. The zero-order chi connectivity index (χ0) is 20.5. The van der Waals surface area contributed by atoms with Gasteiger partial charge in [0.2, 0.25) is 0 Å². The second kappa shape index (κ2) is 7.33. The molecule has 0 saturated heterocycles. The van der Waals surface area contributed by atoms with Crippen LogP contribution in [0.5, 0.6) is 5.75 Å². The highest BCUT2D eigenvalue weighted by Crippen LogP contribution is 2.40. The van der Waals surface area contributed by atoms with Gasteiger partial charge in [-0.1, -0.05) is 31.2 Å². The fourth-order valence-corrected chi connectivity index (χ4v) is 3.48. The normalized spacial score (nSPS) is 11.9. The molecule has 2 N–H and O–H groups in total. The molecule has 0 bridgehead atoms. The van der Waals surface area contributed by atoms with Crippen LogP contribution in [0.2, 0.25) is 0 Å². The van der Waals surface area contributed by atoms with Gasteiger partial charge >= 0.3 is 0 Å². The minimum Gasteiger partial charge on any atom is -0.506 e. The van der Waals surface area contributed by atoms with E-state index >= 15 is 0 Å². The molecule has 0 amide bonds. The maximum absolute atomic E-state index is 11.6. The monoisotopic (exact) mass is 401 g/mol. The third-order valence-corrected chi connectivity index (χ3v) is 4.98. The van der Waals surface area contributed by atoms with Gasteiger partial charge in [-0.3, -0.25) is 14.7 Å². The Hall–Kier alpha value is -3.37. The van der Waals surface area contributed by atoms with E-state index < -0.39 is 25.7 Å². The van der Waals surface area contributed by atoms with Crippen LogP contribution in [0.4, 0.5) is 17.1 Å². The van der Waals surface area contributed by atoms with Gasteiger partial charge < -0.3 is 5.11 Å². The second-order valence-corrected chi connectivity index (χ2v) is 7.32. The minimum atomic E-state index is -4.57. The summed E-state index contributed by atoms with van der Waals surface area (Å²) in [6.07, 6.45) is 0.557. The molecule has 0 aliphatic heterocycles. The van der Waals surface area contributed by atoms with Crippen LogP contribution in [-0.4, -0.2) is 23.0 Å². The standard InChI is InChI=1S/C18H15N3O6S/c1-2-11-7-12(9-13(8-11)21(23)24)19-20-18-15-6-4-3-5-14(15)17(10-16(18)22)28(25,26)27/h3-10,22H,2H2,1H3,(H,25,26,27). The predicted octanol–water partition coefficient (Wildman–Crippen LogP) is 4.68. The van der Waals surface area contributed by atoms with Gasteiger partial charge in [-0.2, -0.15) is 13.5 Å². The Labute approximate surface area is 159 Å². The van der Waals surface area contributed by atoms with Crippen molar-refractivity contribution >= 4 is 38.0 Å². The molecule has 10 heteroatoms. The van der Waals surface area contributed by atoms with Crippen molar-refractivity contribution in [3.05, 3.63) is 64.2 Å². The first kappa shape index (κ1) is 19.4. The number of phenolic OH excluding ortho intramolecular Hbond substituents is 1. The topological polar surface area (TPSA) is 142 Å². The van der Waals surface area contributed by atoms with Crippen molar-refractivity contribution in [1.82, 2.24) is 0 Å². The summed E-state index contributed by atoms with van der Waals surface area (Å²) in [5.41, 5.74) is 0.754. The van der Waals surface area contributed by atoms with Crippen LogP contribution in [-0.2, 0) is 16.5 Å². The van der Waals surface area contributed by atoms with Gasteiger partial charge in [0.25, 0.3) is 15.8 Å². The van der Waals surface area contributed by atoms with Gasteiger partial charge in [-0.25, -0.2) is 0 Å². The Morgan fingerprint density at radius 1 is 1.07 bits per heavy atom. The first-order valence-electron chi connectivity index (χ1n) is 8.13. The van der Waals surface area contributed by atoms with Crippen LogP contribution in [0.1, 0.15) is 12.5 Å². The predicted molar refractivity (Wildman–Crippen MR) is 102 cm³/mol. The molecule has 0 aliphatic rings. The number of hydrogen-bond acceptors (Lipinski definition) is 7. The van der Waals surface area contributed by atoms with E-state index in [1.54, 1.807) is 18.2 Å². The molecule has 0 aromatic heterocycles. The average molecular weight is 401 g/mol. The fraction of sp³-hybridized carbons (Fsp3) is 0.111. The van der Waals surface area contributed by atoms with Gasteiger partial charge in [-0.05, 0) is 18.1 Å². The van der Waals surface area contributed by atoms with Crippen LogP contribution in [0.15, 0.2) is 63.7 Å². The fourth-order valence-electron chi connectivity index (χ4n) is 2.76. The summed E-state index contributed by atoms with van der Waals surface area (Å²) in [4.78, 5) is 10.1. The first-order chi connectivity index (χ1) is 13.2.